The molecule has 0 unspecified atom stereocenters. The number of hydrogen-bond donors (Lipinski definition) is 1. The van der Waals surface area contributed by atoms with E-state index in [1.165, 1.54) is 0 Å². The van der Waals surface area contributed by atoms with Gasteiger partial charge in [-0.15, -0.1) is 0 Å². The smallest absolute Gasteiger partial charge is 1.00 e. The molecule has 2 nitrogen and oxygen atoms in total. The van der Waals surface area contributed by atoms with E-state index < -0.39 is 0 Å². The number of aromatic amines is 1. The third kappa shape index (κ3) is 1.24. The quantitative estimate of drug-likeness (QED) is 0.454. The van der Waals surface area contributed by atoms with Crippen LogP contribution in [0.25, 0.3) is 10.9 Å². The van der Waals surface area contributed by atoms with Gasteiger partial charge in [0.1, 0.15) is 0 Å². The number of rotatable bonds is 0. The van der Waals surface area contributed by atoms with Crippen LogP contribution in [0.1, 0.15) is 1.43 Å². The first-order valence-corrected chi connectivity index (χ1v) is 2.84. The van der Waals surface area contributed by atoms with Gasteiger partial charge in [-0.2, -0.15) is 0 Å². The maximum Gasteiger partial charge on any atom is 1.00 e. The monoisotopic (exact) mass is 142 g/mol. The van der Waals surface area contributed by atoms with Crippen LogP contribution >= 0.6 is 0 Å². The Labute approximate surface area is 82.4 Å². The molecule has 2 aromatic heterocycles. The van der Waals surface area contributed by atoms with Crippen molar-refractivity contribution in [2.24, 2.45) is 0 Å². The standard InChI is InChI=1S/C7H6N2.Na.H/c1-4-9-7-2-3-8-5-6(1)7;;/h1-5,9H;;/q;+1;-1. The molecule has 0 aliphatic carbocycles. The molecule has 2 aromatic rings. The second-order valence-corrected chi connectivity index (χ2v) is 1.94. The van der Waals surface area contributed by atoms with Crippen LogP contribution < -0.4 is 29.6 Å². The summed E-state index contributed by atoms with van der Waals surface area (Å²) in [4.78, 5) is 7.04. The summed E-state index contributed by atoms with van der Waals surface area (Å²) in [5.74, 6) is 0. The topological polar surface area (TPSA) is 28.7 Å². The van der Waals surface area contributed by atoms with Gasteiger partial charge in [0.15, 0.2) is 0 Å². The van der Waals surface area contributed by atoms with Gasteiger partial charge in [-0.1, -0.05) is 0 Å². The van der Waals surface area contributed by atoms with Crippen LogP contribution in [0.3, 0.4) is 0 Å². The van der Waals surface area contributed by atoms with E-state index in [9.17, 15) is 0 Å². The molecule has 0 radical (unpaired) electrons. The van der Waals surface area contributed by atoms with Crippen molar-refractivity contribution in [3.05, 3.63) is 30.7 Å². The number of nitrogens with one attached hydrogen (secondary N) is 1. The Morgan fingerprint density at radius 2 is 2.30 bits per heavy atom. The average Bonchev–Trinajstić information content (AvgIpc) is 2.33. The Morgan fingerprint density at radius 1 is 1.40 bits per heavy atom. The summed E-state index contributed by atoms with van der Waals surface area (Å²) in [7, 11) is 0. The second-order valence-electron chi connectivity index (χ2n) is 1.94. The van der Waals surface area contributed by atoms with Crippen molar-refractivity contribution in [3.8, 4) is 0 Å². The summed E-state index contributed by atoms with van der Waals surface area (Å²) in [6.45, 7) is 0. The first-order valence-electron chi connectivity index (χ1n) is 2.84. The maximum absolute atomic E-state index is 3.97. The van der Waals surface area contributed by atoms with Crippen molar-refractivity contribution >= 4 is 10.9 Å². The molecule has 0 aromatic carbocycles. The van der Waals surface area contributed by atoms with Crippen molar-refractivity contribution in [1.82, 2.24) is 9.97 Å². The number of fused-ring (bicyclic) bond motifs is 1. The zero-order valence-corrected chi connectivity index (χ0v) is 7.83. The van der Waals surface area contributed by atoms with E-state index in [-0.39, 0.29) is 31.0 Å². The van der Waals surface area contributed by atoms with Crippen LogP contribution in [0.15, 0.2) is 30.7 Å². The molecule has 0 aliphatic rings. The third-order valence-corrected chi connectivity index (χ3v) is 1.35. The molecular weight excluding hydrogens is 135 g/mol. The molecule has 0 amide bonds. The van der Waals surface area contributed by atoms with Gasteiger partial charge in [-0.05, 0) is 12.1 Å². The fraction of sp³-hybridized carbons (Fsp3) is 0. The summed E-state index contributed by atoms with van der Waals surface area (Å²) >= 11 is 0. The maximum atomic E-state index is 3.97. The molecule has 46 valence electrons. The van der Waals surface area contributed by atoms with Crippen molar-refractivity contribution in [2.75, 3.05) is 0 Å². The van der Waals surface area contributed by atoms with Gasteiger partial charge in [0, 0.05) is 29.5 Å². The zero-order valence-electron chi connectivity index (χ0n) is 6.83. The van der Waals surface area contributed by atoms with Gasteiger partial charge in [-0.25, -0.2) is 0 Å². The normalized spacial score (nSPS) is 9.20. The van der Waals surface area contributed by atoms with E-state index >= 15 is 0 Å². The van der Waals surface area contributed by atoms with Crippen LogP contribution in [0.5, 0.6) is 0 Å². The molecule has 10 heavy (non-hydrogen) atoms. The van der Waals surface area contributed by atoms with Crippen molar-refractivity contribution in [2.45, 2.75) is 0 Å². The number of H-pyrrole nitrogens is 1. The minimum atomic E-state index is 0. The van der Waals surface area contributed by atoms with Crippen molar-refractivity contribution in [1.29, 1.82) is 0 Å². The van der Waals surface area contributed by atoms with Gasteiger partial charge in [0.05, 0.1) is 0 Å². The minimum absolute atomic E-state index is 0. The van der Waals surface area contributed by atoms with Gasteiger partial charge < -0.3 is 6.41 Å². The first-order chi connectivity index (χ1) is 4.47. The molecule has 0 bridgehead atoms. The third-order valence-electron chi connectivity index (χ3n) is 1.35. The zero-order chi connectivity index (χ0) is 6.10. The van der Waals surface area contributed by atoms with E-state index in [2.05, 4.69) is 9.97 Å². The summed E-state index contributed by atoms with van der Waals surface area (Å²) < 4.78 is 0. The average molecular weight is 142 g/mol. The van der Waals surface area contributed by atoms with E-state index in [0.29, 0.717) is 0 Å². The van der Waals surface area contributed by atoms with Gasteiger partial charge in [-0.3, -0.25) is 4.98 Å². The first kappa shape index (κ1) is 7.79. The van der Waals surface area contributed by atoms with Gasteiger partial charge in [0.2, 0.25) is 0 Å². The summed E-state index contributed by atoms with van der Waals surface area (Å²) in [6.07, 6.45) is 5.52. The van der Waals surface area contributed by atoms with Crippen molar-refractivity contribution < 1.29 is 31.0 Å². The van der Waals surface area contributed by atoms with E-state index in [1.807, 2.05) is 24.5 Å². The molecule has 2 rings (SSSR count). The molecule has 0 saturated carbocycles. The Morgan fingerprint density at radius 3 is 3.10 bits per heavy atom. The van der Waals surface area contributed by atoms with Crippen molar-refractivity contribution in [3.63, 3.8) is 0 Å². The van der Waals surface area contributed by atoms with Crippen LogP contribution in [0.2, 0.25) is 0 Å². The minimum Gasteiger partial charge on any atom is -1.00 e. The summed E-state index contributed by atoms with van der Waals surface area (Å²) in [6, 6.07) is 3.96. The molecule has 2 heterocycles. The fourth-order valence-electron chi connectivity index (χ4n) is 0.892. The van der Waals surface area contributed by atoms with Crippen LogP contribution in [0.4, 0.5) is 0 Å². The SMILES string of the molecule is [H-].[Na+].c1cc2[nH]ccc2cn1. The molecular formula is C7H7N2Na. The van der Waals surface area contributed by atoms with Crippen LogP contribution in [-0.4, -0.2) is 9.97 Å². The number of hydrogen-bond acceptors (Lipinski definition) is 1. The Hall–Kier alpha value is -0.310. The predicted octanol–water partition coefficient (Wildman–Crippen LogP) is -1.32. The Kier molecular flexibility index (Phi) is 2.49. The van der Waals surface area contributed by atoms with E-state index in [4.69, 9.17) is 0 Å². The van der Waals surface area contributed by atoms with Crippen LogP contribution in [0, 0.1) is 0 Å². The molecule has 0 atom stereocenters. The van der Waals surface area contributed by atoms with Gasteiger partial charge >= 0.3 is 29.6 Å². The fourth-order valence-corrected chi connectivity index (χ4v) is 0.892. The van der Waals surface area contributed by atoms with E-state index in [0.717, 1.165) is 10.9 Å². The molecule has 0 spiro atoms. The largest absolute Gasteiger partial charge is 1.00 e. The molecule has 0 aliphatic heterocycles. The predicted molar refractivity (Wildman–Crippen MR) is 37.2 cm³/mol. The summed E-state index contributed by atoms with van der Waals surface area (Å²) in [5.41, 5.74) is 1.14. The Bertz CT molecular complexity index is 290. The molecule has 0 saturated heterocycles. The summed E-state index contributed by atoms with van der Waals surface area (Å²) in [5, 5.41) is 1.16. The second kappa shape index (κ2) is 3.19. The molecule has 3 heteroatoms. The number of pyridine rings is 1. The Balaban J connectivity index is 0.000000500. The molecule has 1 N–H and O–H groups in total. The van der Waals surface area contributed by atoms with E-state index in [1.54, 1.807) is 6.20 Å². The number of aromatic nitrogens is 2. The van der Waals surface area contributed by atoms with Crippen LogP contribution in [-0.2, 0) is 0 Å². The number of nitrogens with zero attached hydrogens (tertiary/aromatic N) is 1. The van der Waals surface area contributed by atoms with Gasteiger partial charge in [0.25, 0.3) is 0 Å². The molecule has 0 fully saturated rings.